The van der Waals surface area contributed by atoms with Gasteiger partial charge in [-0.25, -0.2) is 0 Å². The number of amides is 2. The summed E-state index contributed by atoms with van der Waals surface area (Å²) in [6.07, 6.45) is 0. The van der Waals surface area contributed by atoms with Gasteiger partial charge in [-0.2, -0.15) is 0 Å². The highest BCUT2D eigenvalue weighted by Crippen LogP contribution is 2.27. The van der Waals surface area contributed by atoms with E-state index in [2.05, 4.69) is 5.32 Å². The number of benzene rings is 1. The minimum atomic E-state index is -0.811. The molecule has 0 aliphatic carbocycles. The zero-order valence-corrected chi connectivity index (χ0v) is 15.3. The maximum absolute atomic E-state index is 12.5. The first kappa shape index (κ1) is 18.7. The van der Waals surface area contributed by atoms with Gasteiger partial charge in [0.15, 0.2) is 0 Å². The van der Waals surface area contributed by atoms with Crippen LogP contribution in [0.3, 0.4) is 0 Å². The number of nitrogens with one attached hydrogen (secondary N) is 1. The summed E-state index contributed by atoms with van der Waals surface area (Å²) in [6.45, 7) is 6.83. The lowest BCUT2D eigenvalue weighted by atomic mass is 10.1. The van der Waals surface area contributed by atoms with Crippen molar-refractivity contribution >= 4 is 29.1 Å². The van der Waals surface area contributed by atoms with E-state index >= 15 is 0 Å². The molecule has 2 amide bonds. The van der Waals surface area contributed by atoms with E-state index in [4.69, 9.17) is 17.3 Å². The van der Waals surface area contributed by atoms with Gasteiger partial charge in [0.1, 0.15) is 12.1 Å². The fourth-order valence-electron chi connectivity index (χ4n) is 2.82. The first-order valence-corrected chi connectivity index (χ1v) is 8.07. The van der Waals surface area contributed by atoms with Crippen LogP contribution in [0.25, 0.3) is 0 Å². The van der Waals surface area contributed by atoms with Crippen LogP contribution < -0.4 is 16.6 Å². The Morgan fingerprint density at radius 3 is 2.32 bits per heavy atom. The van der Waals surface area contributed by atoms with Crippen LogP contribution in [-0.2, 0) is 11.3 Å². The van der Waals surface area contributed by atoms with Crippen LogP contribution in [0, 0.1) is 27.7 Å². The number of nitrogens with two attached hydrogens (primary N) is 1. The Bertz CT molecular complexity index is 909. The van der Waals surface area contributed by atoms with Crippen LogP contribution in [0.1, 0.15) is 32.7 Å². The number of primary amides is 1. The minimum absolute atomic E-state index is 0.108. The topological polar surface area (TPSA) is 94.2 Å². The van der Waals surface area contributed by atoms with Gasteiger partial charge in [0.05, 0.1) is 10.7 Å². The Labute approximate surface area is 150 Å². The van der Waals surface area contributed by atoms with Gasteiger partial charge < -0.3 is 15.6 Å². The van der Waals surface area contributed by atoms with E-state index in [1.807, 2.05) is 19.9 Å². The van der Waals surface area contributed by atoms with Crippen LogP contribution >= 0.6 is 11.6 Å². The third-order valence-electron chi connectivity index (χ3n) is 3.95. The number of anilines is 1. The Hall–Kier alpha value is -2.60. The average Bonchev–Trinajstić information content (AvgIpc) is 2.46. The molecule has 25 heavy (non-hydrogen) atoms. The summed E-state index contributed by atoms with van der Waals surface area (Å²) < 4.78 is 1.22. The van der Waals surface area contributed by atoms with E-state index in [9.17, 15) is 14.4 Å². The molecule has 3 N–H and O–H groups in total. The minimum Gasteiger partial charge on any atom is -0.365 e. The molecule has 2 aromatic rings. The Kier molecular flexibility index (Phi) is 5.33. The lowest BCUT2D eigenvalue weighted by Crippen LogP contribution is -2.35. The van der Waals surface area contributed by atoms with Crippen molar-refractivity contribution in [3.8, 4) is 0 Å². The number of carbonyl (C=O) groups excluding carboxylic acids is 2. The maximum atomic E-state index is 12.5. The number of hydrogen-bond acceptors (Lipinski definition) is 3. The number of pyridine rings is 1. The number of aromatic nitrogens is 1. The van der Waals surface area contributed by atoms with Gasteiger partial charge >= 0.3 is 0 Å². The molecule has 0 saturated carbocycles. The van der Waals surface area contributed by atoms with E-state index in [1.165, 1.54) is 4.57 Å². The molecule has 7 heteroatoms. The van der Waals surface area contributed by atoms with E-state index in [1.54, 1.807) is 26.0 Å². The van der Waals surface area contributed by atoms with E-state index < -0.39 is 17.4 Å². The first-order valence-electron chi connectivity index (χ1n) is 7.69. The molecule has 0 bridgehead atoms. The number of hydrogen-bond donors (Lipinski definition) is 2. The number of nitrogens with zero attached hydrogens (tertiary/aromatic N) is 1. The molecule has 0 fully saturated rings. The molecule has 0 spiro atoms. The van der Waals surface area contributed by atoms with Crippen molar-refractivity contribution in [1.29, 1.82) is 0 Å². The first-order chi connectivity index (χ1) is 11.6. The second kappa shape index (κ2) is 7.11. The molecule has 0 atom stereocenters. The van der Waals surface area contributed by atoms with Crippen LogP contribution in [-0.4, -0.2) is 16.4 Å². The zero-order valence-electron chi connectivity index (χ0n) is 14.6. The summed E-state index contributed by atoms with van der Waals surface area (Å²) in [5, 5.41) is 3.15. The fraction of sp³-hybridized carbons (Fsp3) is 0.278. The highest BCUT2D eigenvalue weighted by Gasteiger charge is 2.17. The second-order valence-electron chi connectivity index (χ2n) is 6.09. The summed E-state index contributed by atoms with van der Waals surface area (Å²) >= 11 is 6.19. The summed E-state index contributed by atoms with van der Waals surface area (Å²) in [5.41, 5.74) is 7.95. The molecule has 0 saturated heterocycles. The molecule has 0 aliphatic rings. The fourth-order valence-corrected chi connectivity index (χ4v) is 3.19. The lowest BCUT2D eigenvalue weighted by Gasteiger charge is -2.15. The van der Waals surface area contributed by atoms with Crippen LogP contribution in [0.4, 0.5) is 5.69 Å². The molecule has 1 aromatic heterocycles. The molecule has 0 unspecified atom stereocenters. The molecule has 1 aromatic carbocycles. The predicted octanol–water partition coefficient (Wildman–Crippen LogP) is 2.47. The molecule has 6 nitrogen and oxygen atoms in total. The molecule has 2 rings (SSSR count). The second-order valence-corrected chi connectivity index (χ2v) is 6.49. The Morgan fingerprint density at radius 2 is 1.76 bits per heavy atom. The standard InChI is InChI=1S/C18H20ClN3O3/c1-9-5-11(3)16(13(19)6-9)21-14(23)8-22-12(4)7-10(2)15(17(20)24)18(22)25/h5-7H,8H2,1-4H3,(H2,20,24)(H,21,23). The van der Waals surface area contributed by atoms with Gasteiger partial charge in [-0.1, -0.05) is 17.7 Å². The molecule has 1 heterocycles. The van der Waals surface area contributed by atoms with Gasteiger partial charge in [-0.05, 0) is 56.5 Å². The Balaban J connectivity index is 2.35. The normalized spacial score (nSPS) is 10.6. The SMILES string of the molecule is Cc1cc(C)c(NC(=O)Cn2c(C)cc(C)c(C(N)=O)c2=O)c(Cl)c1. The van der Waals surface area contributed by atoms with Crippen molar-refractivity contribution < 1.29 is 9.59 Å². The van der Waals surface area contributed by atoms with Crippen molar-refractivity contribution in [3.63, 3.8) is 0 Å². The highest BCUT2D eigenvalue weighted by atomic mass is 35.5. The van der Waals surface area contributed by atoms with E-state index in [0.29, 0.717) is 22.0 Å². The molecule has 0 radical (unpaired) electrons. The zero-order chi connectivity index (χ0) is 18.9. The summed E-state index contributed by atoms with van der Waals surface area (Å²) in [4.78, 5) is 36.4. The van der Waals surface area contributed by atoms with E-state index in [0.717, 1.165) is 11.1 Å². The van der Waals surface area contributed by atoms with Gasteiger partial charge in [-0.3, -0.25) is 14.4 Å². The van der Waals surface area contributed by atoms with Crippen molar-refractivity contribution in [1.82, 2.24) is 4.57 Å². The molecular weight excluding hydrogens is 342 g/mol. The Morgan fingerprint density at radius 1 is 1.12 bits per heavy atom. The third kappa shape index (κ3) is 3.91. The van der Waals surface area contributed by atoms with E-state index in [-0.39, 0.29) is 12.1 Å². The summed E-state index contributed by atoms with van der Waals surface area (Å²) in [5.74, 6) is -1.23. The quantitative estimate of drug-likeness (QED) is 0.875. The van der Waals surface area contributed by atoms with Crippen molar-refractivity contribution in [2.75, 3.05) is 5.32 Å². The monoisotopic (exact) mass is 361 g/mol. The third-order valence-corrected chi connectivity index (χ3v) is 4.25. The van der Waals surface area contributed by atoms with Crippen molar-refractivity contribution in [3.05, 3.63) is 61.5 Å². The molecule has 132 valence electrons. The lowest BCUT2D eigenvalue weighted by molar-refractivity contribution is -0.116. The number of rotatable bonds is 4. The predicted molar refractivity (Wildman–Crippen MR) is 98.2 cm³/mol. The smallest absolute Gasteiger partial charge is 0.264 e. The summed E-state index contributed by atoms with van der Waals surface area (Å²) in [6, 6.07) is 5.30. The maximum Gasteiger partial charge on any atom is 0.264 e. The highest BCUT2D eigenvalue weighted by molar-refractivity contribution is 6.34. The van der Waals surface area contributed by atoms with Gasteiger partial charge in [0.25, 0.3) is 11.5 Å². The number of halogens is 1. The molecular formula is C18H20ClN3O3. The molecule has 0 aliphatic heterocycles. The van der Waals surface area contributed by atoms with Gasteiger partial charge in [-0.15, -0.1) is 0 Å². The van der Waals surface area contributed by atoms with Gasteiger partial charge in [0.2, 0.25) is 5.91 Å². The van der Waals surface area contributed by atoms with Crippen LogP contribution in [0.15, 0.2) is 23.0 Å². The van der Waals surface area contributed by atoms with Crippen LogP contribution in [0.2, 0.25) is 5.02 Å². The summed E-state index contributed by atoms with van der Waals surface area (Å²) in [7, 11) is 0. The average molecular weight is 362 g/mol. The number of carbonyl (C=O) groups is 2. The van der Waals surface area contributed by atoms with Crippen molar-refractivity contribution in [2.24, 2.45) is 5.73 Å². The van der Waals surface area contributed by atoms with Crippen LogP contribution in [0.5, 0.6) is 0 Å². The number of aryl methyl sites for hydroxylation is 4. The van der Waals surface area contributed by atoms with Crippen molar-refractivity contribution in [2.45, 2.75) is 34.2 Å². The largest absolute Gasteiger partial charge is 0.365 e. The van der Waals surface area contributed by atoms with Gasteiger partial charge in [0, 0.05) is 5.69 Å².